The summed E-state index contributed by atoms with van der Waals surface area (Å²) < 4.78 is 2.03. The number of aromatic nitrogens is 5. The highest BCUT2D eigenvalue weighted by molar-refractivity contribution is 7.13. The van der Waals surface area contributed by atoms with Crippen molar-refractivity contribution in [3.8, 4) is 10.8 Å². The van der Waals surface area contributed by atoms with Crippen molar-refractivity contribution >= 4 is 11.3 Å². The molecule has 1 aliphatic heterocycles. The predicted octanol–water partition coefficient (Wildman–Crippen LogP) is 2.85. The van der Waals surface area contributed by atoms with E-state index in [2.05, 4.69) is 25.3 Å². The summed E-state index contributed by atoms with van der Waals surface area (Å²) in [6.07, 6.45) is 11.2. The fourth-order valence-electron chi connectivity index (χ4n) is 3.20. The third kappa shape index (κ3) is 3.52. The van der Waals surface area contributed by atoms with Crippen molar-refractivity contribution in [2.75, 3.05) is 6.54 Å². The second kappa shape index (κ2) is 7.19. The van der Waals surface area contributed by atoms with Gasteiger partial charge in [0.15, 0.2) is 10.8 Å². The molecule has 1 saturated heterocycles. The summed E-state index contributed by atoms with van der Waals surface area (Å²) in [4.78, 5) is 15.8. The second-order valence-electron chi connectivity index (χ2n) is 6.06. The van der Waals surface area contributed by atoms with Crippen LogP contribution in [-0.4, -0.2) is 42.2 Å². The normalized spacial score (nSPS) is 18.8. The van der Waals surface area contributed by atoms with E-state index >= 15 is 0 Å². The Labute approximate surface area is 145 Å². The van der Waals surface area contributed by atoms with Gasteiger partial charge in [-0.2, -0.15) is 5.10 Å². The van der Waals surface area contributed by atoms with E-state index in [4.69, 9.17) is 4.98 Å². The molecule has 0 aliphatic carbocycles. The first-order valence-corrected chi connectivity index (χ1v) is 9.20. The summed E-state index contributed by atoms with van der Waals surface area (Å²) in [7, 11) is 0. The molecule has 1 aliphatic rings. The fourth-order valence-corrected chi connectivity index (χ4v) is 3.95. The van der Waals surface area contributed by atoms with Crippen LogP contribution in [0.1, 0.15) is 25.0 Å². The third-order valence-corrected chi connectivity index (χ3v) is 5.27. The van der Waals surface area contributed by atoms with Gasteiger partial charge in [-0.05, 0) is 31.5 Å². The van der Waals surface area contributed by atoms with Crippen molar-refractivity contribution in [1.29, 1.82) is 0 Å². The average molecular weight is 340 g/mol. The first-order chi connectivity index (χ1) is 11.9. The Hall–Kier alpha value is -2.12. The van der Waals surface area contributed by atoms with Gasteiger partial charge in [-0.3, -0.25) is 9.58 Å². The molecule has 24 heavy (non-hydrogen) atoms. The van der Waals surface area contributed by atoms with Crippen LogP contribution in [0, 0.1) is 0 Å². The van der Waals surface area contributed by atoms with E-state index in [-0.39, 0.29) is 0 Å². The Balaban J connectivity index is 1.46. The molecule has 0 saturated carbocycles. The molecule has 6 nitrogen and oxygen atoms in total. The van der Waals surface area contributed by atoms with Crippen molar-refractivity contribution in [3.05, 3.63) is 48.0 Å². The third-order valence-electron chi connectivity index (χ3n) is 4.38. The summed E-state index contributed by atoms with van der Waals surface area (Å²) in [5.74, 6) is 0.709. The minimum Gasteiger partial charge on any atom is -0.293 e. The molecule has 1 fully saturated rings. The van der Waals surface area contributed by atoms with Crippen LogP contribution in [0.5, 0.6) is 0 Å². The van der Waals surface area contributed by atoms with Gasteiger partial charge in [0.2, 0.25) is 0 Å². The maximum absolute atomic E-state index is 4.74. The molecule has 3 aromatic rings. The summed E-state index contributed by atoms with van der Waals surface area (Å²) in [5, 5.41) is 7.38. The minimum atomic E-state index is 0.525. The molecule has 1 atom stereocenters. The van der Waals surface area contributed by atoms with E-state index < -0.39 is 0 Å². The van der Waals surface area contributed by atoms with Crippen LogP contribution >= 0.6 is 11.3 Å². The van der Waals surface area contributed by atoms with Crippen LogP contribution in [0.2, 0.25) is 0 Å². The minimum absolute atomic E-state index is 0.525. The molecular formula is C17H20N6S. The van der Waals surface area contributed by atoms with E-state index in [0.717, 1.165) is 30.3 Å². The highest BCUT2D eigenvalue weighted by atomic mass is 32.1. The topological polar surface area (TPSA) is 59.7 Å². The van der Waals surface area contributed by atoms with Crippen LogP contribution in [0.4, 0.5) is 0 Å². The fraction of sp³-hybridized carbons (Fsp3) is 0.412. The molecule has 0 N–H and O–H groups in total. The number of hydrogen-bond acceptors (Lipinski definition) is 6. The molecule has 124 valence electrons. The second-order valence-corrected chi connectivity index (χ2v) is 6.92. The number of thiazole rings is 1. The largest absolute Gasteiger partial charge is 0.293 e. The van der Waals surface area contributed by atoms with Gasteiger partial charge in [0.05, 0.1) is 12.2 Å². The average Bonchev–Trinajstić information content (AvgIpc) is 3.29. The summed E-state index contributed by atoms with van der Waals surface area (Å²) in [6.45, 7) is 2.96. The SMILES string of the molecule is c1cnc(-c2nc(CN3CCCCC3Cn3cccn3)cs2)nc1. The highest BCUT2D eigenvalue weighted by Gasteiger charge is 2.24. The number of rotatable bonds is 5. The van der Waals surface area contributed by atoms with Crippen LogP contribution in [-0.2, 0) is 13.1 Å². The Morgan fingerprint density at radius 1 is 1.12 bits per heavy atom. The first kappa shape index (κ1) is 15.4. The molecule has 0 radical (unpaired) electrons. The maximum Gasteiger partial charge on any atom is 0.188 e. The first-order valence-electron chi connectivity index (χ1n) is 8.32. The molecule has 4 heterocycles. The standard InChI is InChI=1S/C17H20N6S/c1-2-9-22(15(5-1)12-23-10-4-8-20-23)11-14-13-24-17(21-14)16-18-6-3-7-19-16/h3-4,6-8,10,13,15H,1-2,5,9,11-12H2. The molecule has 0 aromatic carbocycles. The number of piperidine rings is 1. The van der Waals surface area contributed by atoms with Gasteiger partial charge in [-0.15, -0.1) is 11.3 Å². The molecule has 0 amide bonds. The lowest BCUT2D eigenvalue weighted by molar-refractivity contribution is 0.120. The van der Waals surface area contributed by atoms with Gasteiger partial charge in [-0.1, -0.05) is 6.42 Å². The van der Waals surface area contributed by atoms with E-state index in [1.807, 2.05) is 29.2 Å². The van der Waals surface area contributed by atoms with Gasteiger partial charge >= 0.3 is 0 Å². The van der Waals surface area contributed by atoms with Crippen molar-refractivity contribution in [1.82, 2.24) is 29.6 Å². The van der Waals surface area contributed by atoms with Gasteiger partial charge in [0, 0.05) is 42.8 Å². The quantitative estimate of drug-likeness (QED) is 0.715. The number of nitrogens with zero attached hydrogens (tertiary/aromatic N) is 6. The molecule has 0 bridgehead atoms. The monoisotopic (exact) mass is 340 g/mol. The molecule has 0 spiro atoms. The maximum atomic E-state index is 4.74. The number of hydrogen-bond donors (Lipinski definition) is 0. The smallest absolute Gasteiger partial charge is 0.188 e. The van der Waals surface area contributed by atoms with Crippen molar-refractivity contribution in [3.63, 3.8) is 0 Å². The van der Waals surface area contributed by atoms with E-state index in [1.165, 1.54) is 19.3 Å². The zero-order valence-electron chi connectivity index (χ0n) is 13.5. The summed E-state index contributed by atoms with van der Waals surface area (Å²) in [5.41, 5.74) is 1.11. The lowest BCUT2D eigenvalue weighted by Crippen LogP contribution is -2.41. The van der Waals surface area contributed by atoms with Crippen LogP contribution in [0.25, 0.3) is 10.8 Å². The van der Waals surface area contributed by atoms with Gasteiger partial charge < -0.3 is 0 Å². The molecular weight excluding hydrogens is 320 g/mol. The predicted molar refractivity (Wildman–Crippen MR) is 93.4 cm³/mol. The molecule has 1 unspecified atom stereocenters. The Morgan fingerprint density at radius 3 is 2.88 bits per heavy atom. The van der Waals surface area contributed by atoms with E-state index in [1.54, 1.807) is 23.7 Å². The highest BCUT2D eigenvalue weighted by Crippen LogP contribution is 2.24. The van der Waals surface area contributed by atoms with Crippen LogP contribution in [0.15, 0.2) is 42.3 Å². The molecule has 7 heteroatoms. The lowest BCUT2D eigenvalue weighted by atomic mass is 10.0. The Bertz CT molecular complexity index is 755. The molecule has 4 rings (SSSR count). The van der Waals surface area contributed by atoms with Crippen LogP contribution < -0.4 is 0 Å². The summed E-state index contributed by atoms with van der Waals surface area (Å²) >= 11 is 1.62. The lowest BCUT2D eigenvalue weighted by Gasteiger charge is -2.35. The number of likely N-dealkylation sites (tertiary alicyclic amines) is 1. The Kier molecular flexibility index (Phi) is 4.62. The van der Waals surface area contributed by atoms with Crippen molar-refractivity contribution in [2.45, 2.75) is 38.4 Å². The molecule has 3 aromatic heterocycles. The summed E-state index contributed by atoms with van der Waals surface area (Å²) in [6, 6.07) is 4.34. The van der Waals surface area contributed by atoms with E-state index in [9.17, 15) is 0 Å². The van der Waals surface area contributed by atoms with Crippen LogP contribution in [0.3, 0.4) is 0 Å². The van der Waals surface area contributed by atoms with Crippen molar-refractivity contribution < 1.29 is 0 Å². The van der Waals surface area contributed by atoms with Gasteiger partial charge in [-0.25, -0.2) is 15.0 Å². The van der Waals surface area contributed by atoms with Crippen molar-refractivity contribution in [2.24, 2.45) is 0 Å². The van der Waals surface area contributed by atoms with Gasteiger partial charge in [0.1, 0.15) is 0 Å². The van der Waals surface area contributed by atoms with E-state index in [0.29, 0.717) is 11.9 Å². The zero-order chi connectivity index (χ0) is 16.2. The zero-order valence-corrected chi connectivity index (χ0v) is 14.3. The Morgan fingerprint density at radius 2 is 2.04 bits per heavy atom. The van der Waals surface area contributed by atoms with Gasteiger partial charge in [0.25, 0.3) is 0 Å².